The number of hydrogen-bond acceptors (Lipinski definition) is 4. The lowest BCUT2D eigenvalue weighted by Gasteiger charge is -2.06. The molecule has 0 amide bonds. The minimum atomic E-state index is -0.418. The quantitative estimate of drug-likeness (QED) is 0.479. The van der Waals surface area contributed by atoms with E-state index in [1.807, 2.05) is 32.0 Å². The summed E-state index contributed by atoms with van der Waals surface area (Å²) in [6.07, 6.45) is 3.67. The summed E-state index contributed by atoms with van der Waals surface area (Å²) in [7, 11) is 0. The second-order valence-corrected chi connectivity index (χ2v) is 6.68. The van der Waals surface area contributed by atoms with Gasteiger partial charge in [-0.05, 0) is 37.6 Å². The van der Waals surface area contributed by atoms with Crippen molar-refractivity contribution < 1.29 is 14.3 Å². The van der Waals surface area contributed by atoms with E-state index in [9.17, 15) is 9.59 Å². The molecule has 0 N–H and O–H groups in total. The monoisotopic (exact) mass is 370 g/mol. The van der Waals surface area contributed by atoms with Crippen LogP contribution in [-0.2, 0) is 16.1 Å². The molecule has 0 atom stereocenters. The van der Waals surface area contributed by atoms with Crippen LogP contribution < -0.4 is 0 Å². The maximum atomic E-state index is 12.3. The van der Waals surface area contributed by atoms with Crippen molar-refractivity contribution >= 4 is 29.0 Å². The third-order valence-electron chi connectivity index (χ3n) is 4.10. The minimum Gasteiger partial charge on any atom is -0.459 e. The molecule has 2 heterocycles. The van der Waals surface area contributed by atoms with E-state index >= 15 is 0 Å². The number of rotatable bonds is 6. The van der Waals surface area contributed by atoms with Gasteiger partial charge in [-0.3, -0.25) is 9.59 Å². The molecule has 0 aliphatic rings. The first-order chi connectivity index (χ1) is 12.4. The number of pyridine rings is 1. The molecule has 0 aliphatic carbocycles. The molecule has 0 aliphatic heterocycles. The smallest absolute Gasteiger partial charge is 0.306 e. The number of esters is 1. The Morgan fingerprint density at radius 3 is 2.73 bits per heavy atom. The second-order valence-electron chi connectivity index (χ2n) is 6.25. The van der Waals surface area contributed by atoms with Crippen LogP contribution in [-0.4, -0.2) is 21.1 Å². The average molecular weight is 371 g/mol. The van der Waals surface area contributed by atoms with Crippen molar-refractivity contribution in [2.45, 2.75) is 33.3 Å². The summed E-state index contributed by atoms with van der Waals surface area (Å²) in [6.45, 7) is 3.89. The van der Waals surface area contributed by atoms with Crippen LogP contribution >= 0.6 is 11.6 Å². The number of carbonyl (C=O) groups is 2. The summed E-state index contributed by atoms with van der Waals surface area (Å²) in [5.41, 5.74) is 3.95. The Morgan fingerprint density at radius 1 is 1.12 bits per heavy atom. The number of ketones is 1. The number of fused-ring (bicyclic) bond motifs is 1. The van der Waals surface area contributed by atoms with Crippen LogP contribution in [0.2, 0.25) is 5.02 Å². The first-order valence-corrected chi connectivity index (χ1v) is 8.69. The van der Waals surface area contributed by atoms with Gasteiger partial charge in [-0.1, -0.05) is 29.3 Å². The zero-order valence-electron chi connectivity index (χ0n) is 14.7. The van der Waals surface area contributed by atoms with Crippen LogP contribution in [0.1, 0.15) is 40.0 Å². The van der Waals surface area contributed by atoms with Crippen molar-refractivity contribution in [1.82, 2.24) is 9.38 Å². The van der Waals surface area contributed by atoms with Gasteiger partial charge >= 0.3 is 5.97 Å². The first kappa shape index (κ1) is 18.1. The van der Waals surface area contributed by atoms with E-state index in [-0.39, 0.29) is 25.2 Å². The van der Waals surface area contributed by atoms with Gasteiger partial charge in [-0.15, -0.1) is 0 Å². The lowest BCUT2D eigenvalue weighted by molar-refractivity contribution is -0.145. The molecule has 0 fully saturated rings. The lowest BCUT2D eigenvalue weighted by Crippen LogP contribution is -2.09. The molecule has 0 saturated carbocycles. The number of nitrogens with zero attached hydrogens (tertiary/aromatic N) is 2. The van der Waals surface area contributed by atoms with Gasteiger partial charge in [-0.2, -0.15) is 0 Å². The number of hydrogen-bond donors (Lipinski definition) is 0. The van der Waals surface area contributed by atoms with E-state index < -0.39 is 5.97 Å². The van der Waals surface area contributed by atoms with Gasteiger partial charge in [-0.25, -0.2) is 4.98 Å². The van der Waals surface area contributed by atoms with E-state index in [0.29, 0.717) is 16.3 Å². The second kappa shape index (κ2) is 7.70. The summed E-state index contributed by atoms with van der Waals surface area (Å²) >= 11 is 5.93. The topological polar surface area (TPSA) is 60.7 Å². The summed E-state index contributed by atoms with van der Waals surface area (Å²) in [5.74, 6) is -0.468. The number of halogens is 1. The first-order valence-electron chi connectivity index (χ1n) is 8.31. The standard InChI is InChI=1S/C20H19ClN2O3/c1-13-3-4-14(2)17(9-13)18(24)6-8-20(25)26-12-16-11-23-10-15(21)5-7-19(23)22-16/h3-5,7,9-11H,6,8,12H2,1-2H3. The molecule has 0 bridgehead atoms. The third kappa shape index (κ3) is 4.29. The van der Waals surface area contributed by atoms with Gasteiger partial charge in [0.1, 0.15) is 12.3 Å². The molecule has 3 rings (SSSR count). The van der Waals surface area contributed by atoms with Gasteiger partial charge < -0.3 is 9.14 Å². The maximum absolute atomic E-state index is 12.3. The van der Waals surface area contributed by atoms with E-state index in [1.54, 1.807) is 28.9 Å². The van der Waals surface area contributed by atoms with Gasteiger partial charge in [0.25, 0.3) is 0 Å². The Bertz CT molecular complexity index is 978. The number of ether oxygens (including phenoxy) is 1. The van der Waals surface area contributed by atoms with Crippen molar-refractivity contribution in [3.05, 3.63) is 70.1 Å². The number of benzene rings is 1. The zero-order valence-corrected chi connectivity index (χ0v) is 15.4. The van der Waals surface area contributed by atoms with Gasteiger partial charge in [0.15, 0.2) is 5.78 Å². The molecule has 1 aromatic carbocycles. The molecule has 6 heteroatoms. The average Bonchev–Trinajstić information content (AvgIpc) is 3.01. The maximum Gasteiger partial charge on any atom is 0.306 e. The predicted molar refractivity (Wildman–Crippen MR) is 99.5 cm³/mol. The molecule has 3 aromatic rings. The van der Waals surface area contributed by atoms with E-state index in [1.165, 1.54) is 0 Å². The molecular formula is C20H19ClN2O3. The Labute approximate surface area is 156 Å². The number of imidazole rings is 1. The van der Waals surface area contributed by atoms with Crippen molar-refractivity contribution in [1.29, 1.82) is 0 Å². The number of carbonyl (C=O) groups excluding carboxylic acids is 2. The van der Waals surface area contributed by atoms with Crippen LogP contribution in [0.25, 0.3) is 5.65 Å². The van der Waals surface area contributed by atoms with Crippen LogP contribution in [0.3, 0.4) is 0 Å². The summed E-state index contributed by atoms with van der Waals surface area (Å²) < 4.78 is 7.00. The van der Waals surface area contributed by atoms with E-state index in [4.69, 9.17) is 16.3 Å². The normalized spacial score (nSPS) is 10.9. The Kier molecular flexibility index (Phi) is 5.38. The molecule has 26 heavy (non-hydrogen) atoms. The molecule has 0 radical (unpaired) electrons. The molecule has 134 valence electrons. The molecular weight excluding hydrogens is 352 g/mol. The van der Waals surface area contributed by atoms with Crippen LogP contribution in [0, 0.1) is 13.8 Å². The predicted octanol–water partition coefficient (Wildman–Crippen LogP) is 4.31. The fraction of sp³-hybridized carbons (Fsp3) is 0.250. The SMILES string of the molecule is Cc1ccc(C)c(C(=O)CCC(=O)OCc2cn3cc(Cl)ccc3n2)c1. The minimum absolute atomic E-state index is 0.0470. The fourth-order valence-electron chi connectivity index (χ4n) is 2.70. The van der Waals surface area contributed by atoms with Crippen LogP contribution in [0.15, 0.2) is 42.7 Å². The van der Waals surface area contributed by atoms with Crippen molar-refractivity contribution in [2.24, 2.45) is 0 Å². The number of aromatic nitrogens is 2. The van der Waals surface area contributed by atoms with E-state index in [2.05, 4.69) is 4.98 Å². The largest absolute Gasteiger partial charge is 0.459 e. The number of Topliss-reactive ketones (excluding diaryl/α,β-unsaturated/α-hetero) is 1. The third-order valence-corrected chi connectivity index (χ3v) is 4.32. The molecule has 0 unspecified atom stereocenters. The molecule has 2 aromatic heterocycles. The van der Waals surface area contributed by atoms with Crippen LogP contribution in [0.4, 0.5) is 0 Å². The van der Waals surface area contributed by atoms with Gasteiger partial charge in [0, 0.05) is 24.4 Å². The highest BCUT2D eigenvalue weighted by Crippen LogP contribution is 2.15. The highest BCUT2D eigenvalue weighted by molar-refractivity contribution is 6.30. The zero-order chi connectivity index (χ0) is 18.7. The summed E-state index contributed by atoms with van der Waals surface area (Å²) in [5, 5.41) is 0.600. The Morgan fingerprint density at radius 2 is 1.92 bits per heavy atom. The van der Waals surface area contributed by atoms with Crippen molar-refractivity contribution in [3.8, 4) is 0 Å². The molecule has 5 nitrogen and oxygen atoms in total. The van der Waals surface area contributed by atoms with Crippen LogP contribution in [0.5, 0.6) is 0 Å². The van der Waals surface area contributed by atoms with Gasteiger partial charge in [0.05, 0.1) is 17.1 Å². The highest BCUT2D eigenvalue weighted by atomic mass is 35.5. The molecule has 0 saturated heterocycles. The molecule has 0 spiro atoms. The highest BCUT2D eigenvalue weighted by Gasteiger charge is 2.13. The van der Waals surface area contributed by atoms with Crippen molar-refractivity contribution in [2.75, 3.05) is 0 Å². The van der Waals surface area contributed by atoms with E-state index in [0.717, 1.165) is 16.8 Å². The number of aryl methyl sites for hydroxylation is 2. The summed E-state index contributed by atoms with van der Waals surface area (Å²) in [4.78, 5) is 28.6. The summed E-state index contributed by atoms with van der Waals surface area (Å²) in [6, 6.07) is 9.26. The Balaban J connectivity index is 1.53. The Hall–Kier alpha value is -2.66. The van der Waals surface area contributed by atoms with Gasteiger partial charge in [0.2, 0.25) is 0 Å². The fourth-order valence-corrected chi connectivity index (χ4v) is 2.87. The van der Waals surface area contributed by atoms with Crippen molar-refractivity contribution in [3.63, 3.8) is 0 Å². The lowest BCUT2D eigenvalue weighted by atomic mass is 9.99.